The van der Waals surface area contributed by atoms with Crippen LogP contribution in [0.3, 0.4) is 0 Å². The molecular weight excluding hydrogens is 244 g/mol. The standard InChI is InChI=1S/C9H9ClN6O/c1-11-16-8-13-7(14-9(17)15-8)6-5(10)3-2-4-12-6/h2-4,11H,1H3,(H2,13,14,15,16,17). The zero-order valence-electron chi connectivity index (χ0n) is 8.85. The first kappa shape index (κ1) is 11.5. The monoisotopic (exact) mass is 252 g/mol. The van der Waals surface area contributed by atoms with Gasteiger partial charge in [0.2, 0.25) is 5.95 Å². The number of halogens is 1. The van der Waals surface area contributed by atoms with Gasteiger partial charge in [-0.25, -0.2) is 5.43 Å². The molecule has 3 N–H and O–H groups in total. The lowest BCUT2D eigenvalue weighted by Crippen LogP contribution is -2.17. The van der Waals surface area contributed by atoms with Crippen molar-refractivity contribution < 1.29 is 5.11 Å². The molecule has 0 aliphatic carbocycles. The van der Waals surface area contributed by atoms with E-state index < -0.39 is 6.01 Å². The van der Waals surface area contributed by atoms with Gasteiger partial charge in [0.15, 0.2) is 5.82 Å². The maximum Gasteiger partial charge on any atom is 0.319 e. The lowest BCUT2D eigenvalue weighted by molar-refractivity contribution is 0.429. The summed E-state index contributed by atoms with van der Waals surface area (Å²) in [6.45, 7) is 0. The summed E-state index contributed by atoms with van der Waals surface area (Å²) in [4.78, 5) is 15.5. The molecule has 0 unspecified atom stereocenters. The fourth-order valence-electron chi connectivity index (χ4n) is 1.19. The van der Waals surface area contributed by atoms with Crippen molar-refractivity contribution in [1.82, 2.24) is 25.4 Å². The molecule has 2 aromatic heterocycles. The zero-order chi connectivity index (χ0) is 12.3. The number of hydrazine groups is 1. The molecule has 0 bridgehead atoms. The molecule has 0 atom stereocenters. The lowest BCUT2D eigenvalue weighted by atomic mass is 10.3. The summed E-state index contributed by atoms with van der Waals surface area (Å²) in [5, 5.41) is 9.77. The average molecular weight is 253 g/mol. The van der Waals surface area contributed by atoms with Crippen molar-refractivity contribution in [2.75, 3.05) is 12.5 Å². The van der Waals surface area contributed by atoms with Gasteiger partial charge >= 0.3 is 6.01 Å². The summed E-state index contributed by atoms with van der Waals surface area (Å²) in [5.41, 5.74) is 5.65. The molecule has 2 heterocycles. The minimum Gasteiger partial charge on any atom is -0.479 e. The Balaban J connectivity index is 2.48. The third kappa shape index (κ3) is 2.58. The van der Waals surface area contributed by atoms with Crippen LogP contribution in [0.25, 0.3) is 11.5 Å². The SMILES string of the molecule is CNNc1nc(O)nc(-c2ncccc2Cl)n1. The van der Waals surface area contributed by atoms with Crippen LogP contribution in [0.5, 0.6) is 6.01 Å². The minimum absolute atomic E-state index is 0.178. The fraction of sp³-hybridized carbons (Fsp3) is 0.111. The molecule has 88 valence electrons. The van der Waals surface area contributed by atoms with Crippen LogP contribution in [0.2, 0.25) is 5.02 Å². The van der Waals surface area contributed by atoms with Gasteiger partial charge in [-0.3, -0.25) is 10.4 Å². The summed E-state index contributed by atoms with van der Waals surface area (Å²) in [7, 11) is 1.65. The van der Waals surface area contributed by atoms with E-state index in [1.54, 1.807) is 25.4 Å². The average Bonchev–Trinajstić information content (AvgIpc) is 2.29. The number of aromatic nitrogens is 4. The first-order valence-electron chi connectivity index (χ1n) is 4.69. The van der Waals surface area contributed by atoms with E-state index in [1.165, 1.54) is 0 Å². The quantitative estimate of drug-likeness (QED) is 0.697. The maximum absolute atomic E-state index is 9.37. The third-order valence-electron chi connectivity index (χ3n) is 1.83. The Bertz CT molecular complexity index is 535. The van der Waals surface area contributed by atoms with E-state index in [1.807, 2.05) is 0 Å². The molecule has 0 saturated carbocycles. The van der Waals surface area contributed by atoms with Crippen molar-refractivity contribution in [3.05, 3.63) is 23.4 Å². The fourth-order valence-corrected chi connectivity index (χ4v) is 1.39. The summed E-state index contributed by atoms with van der Waals surface area (Å²) in [5.74, 6) is 0.373. The van der Waals surface area contributed by atoms with Crippen molar-refractivity contribution >= 4 is 17.5 Å². The van der Waals surface area contributed by atoms with Crippen LogP contribution >= 0.6 is 11.6 Å². The van der Waals surface area contributed by atoms with Gasteiger partial charge in [-0.1, -0.05) is 11.6 Å². The van der Waals surface area contributed by atoms with Crippen molar-refractivity contribution in [3.63, 3.8) is 0 Å². The summed E-state index contributed by atoms with van der Waals surface area (Å²) in [6.07, 6.45) is 1.56. The van der Waals surface area contributed by atoms with Crippen LogP contribution in [-0.4, -0.2) is 32.1 Å². The maximum atomic E-state index is 9.37. The summed E-state index contributed by atoms with van der Waals surface area (Å²) >= 11 is 5.96. The van der Waals surface area contributed by atoms with Crippen LogP contribution in [0.1, 0.15) is 0 Å². The molecule has 0 aromatic carbocycles. The third-order valence-corrected chi connectivity index (χ3v) is 2.14. The minimum atomic E-state index is -0.408. The van der Waals surface area contributed by atoms with Gasteiger partial charge in [0.25, 0.3) is 0 Å². The molecule has 17 heavy (non-hydrogen) atoms. The smallest absolute Gasteiger partial charge is 0.319 e. The Morgan fingerprint density at radius 3 is 2.82 bits per heavy atom. The van der Waals surface area contributed by atoms with Gasteiger partial charge in [0.05, 0.1) is 5.02 Å². The number of rotatable bonds is 3. The van der Waals surface area contributed by atoms with E-state index in [2.05, 4.69) is 30.8 Å². The topological polar surface area (TPSA) is 95.9 Å². The Kier molecular flexibility index (Phi) is 3.31. The Morgan fingerprint density at radius 2 is 2.12 bits per heavy atom. The zero-order valence-corrected chi connectivity index (χ0v) is 9.60. The lowest BCUT2D eigenvalue weighted by Gasteiger charge is -2.05. The highest BCUT2D eigenvalue weighted by molar-refractivity contribution is 6.32. The van der Waals surface area contributed by atoms with Crippen LogP contribution in [0.4, 0.5) is 5.95 Å². The molecule has 0 saturated heterocycles. The van der Waals surface area contributed by atoms with Crippen molar-refractivity contribution in [1.29, 1.82) is 0 Å². The number of anilines is 1. The second kappa shape index (κ2) is 4.89. The van der Waals surface area contributed by atoms with E-state index >= 15 is 0 Å². The van der Waals surface area contributed by atoms with Gasteiger partial charge in [0.1, 0.15) is 5.69 Å². The number of hydrogen-bond donors (Lipinski definition) is 3. The molecule has 0 radical (unpaired) electrons. The van der Waals surface area contributed by atoms with Gasteiger partial charge in [-0.2, -0.15) is 15.0 Å². The molecule has 0 aliphatic rings. The first-order chi connectivity index (χ1) is 8.20. The van der Waals surface area contributed by atoms with Crippen LogP contribution in [0.15, 0.2) is 18.3 Å². The molecule has 2 rings (SSSR count). The molecule has 0 amide bonds. The number of hydrogen-bond acceptors (Lipinski definition) is 7. The van der Waals surface area contributed by atoms with Crippen molar-refractivity contribution in [2.45, 2.75) is 0 Å². The highest BCUT2D eigenvalue weighted by Crippen LogP contribution is 2.23. The Morgan fingerprint density at radius 1 is 1.29 bits per heavy atom. The van der Waals surface area contributed by atoms with E-state index in [9.17, 15) is 5.11 Å². The molecule has 8 heteroatoms. The summed E-state index contributed by atoms with van der Waals surface area (Å²) < 4.78 is 0. The largest absolute Gasteiger partial charge is 0.479 e. The predicted molar refractivity (Wildman–Crippen MR) is 62.4 cm³/mol. The van der Waals surface area contributed by atoms with Crippen molar-refractivity contribution in [3.8, 4) is 17.5 Å². The van der Waals surface area contributed by atoms with Gasteiger partial charge < -0.3 is 5.11 Å². The summed E-state index contributed by atoms with van der Waals surface area (Å²) in [6, 6.07) is 2.95. The van der Waals surface area contributed by atoms with Gasteiger partial charge in [0, 0.05) is 13.2 Å². The number of aromatic hydroxyl groups is 1. The molecule has 0 spiro atoms. The molecule has 7 nitrogen and oxygen atoms in total. The Labute approximate surface area is 102 Å². The first-order valence-corrected chi connectivity index (χ1v) is 5.07. The van der Waals surface area contributed by atoms with E-state index in [0.29, 0.717) is 10.7 Å². The normalized spacial score (nSPS) is 10.2. The second-order valence-electron chi connectivity index (χ2n) is 2.99. The highest BCUT2D eigenvalue weighted by atomic mass is 35.5. The predicted octanol–water partition coefficient (Wildman–Crippen LogP) is 0.839. The van der Waals surface area contributed by atoms with E-state index in [0.717, 1.165) is 0 Å². The van der Waals surface area contributed by atoms with Crippen LogP contribution in [-0.2, 0) is 0 Å². The molecule has 0 fully saturated rings. The number of nitrogens with zero attached hydrogens (tertiary/aromatic N) is 4. The van der Waals surface area contributed by atoms with Crippen molar-refractivity contribution in [2.24, 2.45) is 0 Å². The highest BCUT2D eigenvalue weighted by Gasteiger charge is 2.11. The van der Waals surface area contributed by atoms with Crippen LogP contribution < -0.4 is 10.9 Å². The second-order valence-corrected chi connectivity index (χ2v) is 3.40. The van der Waals surface area contributed by atoms with E-state index in [4.69, 9.17) is 11.6 Å². The van der Waals surface area contributed by atoms with Crippen LogP contribution in [0, 0.1) is 0 Å². The molecular formula is C9H9ClN6O. The van der Waals surface area contributed by atoms with Gasteiger partial charge in [-0.15, -0.1) is 0 Å². The number of nitrogens with one attached hydrogen (secondary N) is 2. The van der Waals surface area contributed by atoms with Gasteiger partial charge in [-0.05, 0) is 12.1 Å². The molecule has 2 aromatic rings. The number of pyridine rings is 1. The Hall–Kier alpha value is -1.99. The van der Waals surface area contributed by atoms with E-state index in [-0.39, 0.29) is 11.8 Å². The molecule has 0 aliphatic heterocycles.